The molecule has 2 heterocycles. The van der Waals surface area contributed by atoms with Crippen molar-refractivity contribution in [3.05, 3.63) is 229 Å². The molecule has 0 amide bonds. The van der Waals surface area contributed by atoms with Gasteiger partial charge in [0.1, 0.15) is 11.2 Å². The summed E-state index contributed by atoms with van der Waals surface area (Å²) >= 11 is 0. The highest BCUT2D eigenvalue weighted by molar-refractivity contribution is 6.12. The number of benzene rings is 8. The van der Waals surface area contributed by atoms with Crippen LogP contribution in [0.1, 0.15) is 22.3 Å². The summed E-state index contributed by atoms with van der Waals surface area (Å²) in [5.41, 5.74) is 15.8. The topological polar surface area (TPSA) is 38.9 Å². The normalized spacial score (nSPS) is 12.8. The summed E-state index contributed by atoms with van der Waals surface area (Å²) in [5, 5.41) is 2.23. The molecule has 0 saturated carbocycles. The van der Waals surface area contributed by atoms with E-state index in [2.05, 4.69) is 170 Å². The van der Waals surface area contributed by atoms with Crippen LogP contribution in [0.15, 0.2) is 211 Å². The van der Waals surface area contributed by atoms with Crippen LogP contribution in [-0.2, 0) is 5.41 Å². The number of fused-ring (bicyclic) bond motifs is 6. The lowest BCUT2D eigenvalue weighted by Gasteiger charge is -2.33. The SMILES string of the molecule is c1ccc(-c2nc(-c3cccc(-c4cccc5oc6ccccc6c45)c3)cc(-c3ccc4c(c3)-c3ccccc3C4(c3ccccc3)c3ccccc3)n2)cc1. The van der Waals surface area contributed by atoms with E-state index >= 15 is 0 Å². The van der Waals surface area contributed by atoms with Gasteiger partial charge in [0.05, 0.1) is 16.8 Å². The minimum Gasteiger partial charge on any atom is -0.456 e. The zero-order valence-electron chi connectivity index (χ0n) is 30.4. The first-order chi connectivity index (χ1) is 27.8. The maximum absolute atomic E-state index is 6.25. The van der Waals surface area contributed by atoms with Crippen LogP contribution >= 0.6 is 0 Å². The summed E-state index contributed by atoms with van der Waals surface area (Å²) < 4.78 is 6.25. The van der Waals surface area contributed by atoms with Crippen molar-refractivity contribution >= 4 is 21.9 Å². The molecule has 0 atom stereocenters. The minimum atomic E-state index is -0.456. The highest BCUT2D eigenvalue weighted by atomic mass is 16.3. The Kier molecular flexibility index (Phi) is 7.39. The summed E-state index contributed by atoms with van der Waals surface area (Å²) in [6.07, 6.45) is 0. The molecule has 1 aliphatic carbocycles. The van der Waals surface area contributed by atoms with Crippen LogP contribution < -0.4 is 0 Å². The molecule has 0 N–H and O–H groups in total. The maximum atomic E-state index is 6.25. The van der Waals surface area contributed by atoms with Crippen molar-refractivity contribution in [1.82, 2.24) is 9.97 Å². The van der Waals surface area contributed by atoms with Crippen LogP contribution in [-0.4, -0.2) is 9.97 Å². The van der Waals surface area contributed by atoms with Crippen LogP contribution in [0.5, 0.6) is 0 Å². The second-order valence-corrected chi connectivity index (χ2v) is 14.5. The molecule has 0 aliphatic heterocycles. The molecule has 0 unspecified atom stereocenters. The van der Waals surface area contributed by atoms with Crippen molar-refractivity contribution in [3.8, 4) is 56.2 Å². The van der Waals surface area contributed by atoms with Gasteiger partial charge in [-0.3, -0.25) is 0 Å². The van der Waals surface area contributed by atoms with E-state index in [1.54, 1.807) is 0 Å². The summed E-state index contributed by atoms with van der Waals surface area (Å²) in [6.45, 7) is 0. The Bertz CT molecular complexity index is 3040. The minimum absolute atomic E-state index is 0.456. The van der Waals surface area contributed by atoms with Crippen molar-refractivity contribution in [1.29, 1.82) is 0 Å². The molecule has 0 fully saturated rings. The van der Waals surface area contributed by atoms with E-state index in [0.717, 1.165) is 61.1 Å². The fourth-order valence-electron chi connectivity index (χ4n) is 8.93. The van der Waals surface area contributed by atoms with Crippen LogP contribution in [0.2, 0.25) is 0 Å². The standard InChI is InChI=1S/C53H34N2O/c1-4-16-35(17-5-1)52-54-47(37-19-14-18-36(32-37)41-26-15-29-50-51(41)43-25-11-13-28-49(43)56-50)34-48(55-52)38-30-31-46-44(33-38)42-24-10-12-27-45(42)53(46,39-20-6-2-7-21-39)40-22-8-3-9-23-40/h1-34H. The Labute approximate surface area is 325 Å². The van der Waals surface area contributed by atoms with E-state index in [9.17, 15) is 0 Å². The fraction of sp³-hybridized carbons (Fsp3) is 0.0189. The van der Waals surface area contributed by atoms with Gasteiger partial charge in [0, 0.05) is 27.5 Å². The number of rotatable bonds is 6. The number of hydrogen-bond donors (Lipinski definition) is 0. The Morgan fingerprint density at radius 3 is 1.68 bits per heavy atom. The molecule has 11 rings (SSSR count). The molecule has 1 aliphatic rings. The Morgan fingerprint density at radius 1 is 0.357 bits per heavy atom. The van der Waals surface area contributed by atoms with Gasteiger partial charge in [0.15, 0.2) is 5.82 Å². The van der Waals surface area contributed by atoms with Crippen LogP contribution in [0.25, 0.3) is 78.1 Å². The molecule has 262 valence electrons. The van der Waals surface area contributed by atoms with Gasteiger partial charge in [-0.2, -0.15) is 0 Å². The quantitative estimate of drug-likeness (QED) is 0.172. The van der Waals surface area contributed by atoms with E-state index in [0.29, 0.717) is 5.82 Å². The van der Waals surface area contributed by atoms with E-state index in [1.165, 1.54) is 33.4 Å². The lowest BCUT2D eigenvalue weighted by atomic mass is 9.67. The van der Waals surface area contributed by atoms with E-state index in [-0.39, 0.29) is 0 Å². The average molecular weight is 715 g/mol. The number of hydrogen-bond acceptors (Lipinski definition) is 3. The second-order valence-electron chi connectivity index (χ2n) is 14.5. The molecule has 56 heavy (non-hydrogen) atoms. The van der Waals surface area contributed by atoms with Crippen molar-refractivity contribution in [2.24, 2.45) is 0 Å². The van der Waals surface area contributed by atoms with Gasteiger partial charge >= 0.3 is 0 Å². The summed E-state index contributed by atoms with van der Waals surface area (Å²) in [4.78, 5) is 10.5. The van der Waals surface area contributed by atoms with Crippen molar-refractivity contribution < 1.29 is 4.42 Å². The highest BCUT2D eigenvalue weighted by Gasteiger charge is 2.46. The predicted molar refractivity (Wildman–Crippen MR) is 228 cm³/mol. The molecule has 3 heteroatoms. The van der Waals surface area contributed by atoms with Crippen molar-refractivity contribution in [2.45, 2.75) is 5.41 Å². The summed E-state index contributed by atoms with van der Waals surface area (Å²) in [5.74, 6) is 0.690. The molecule has 0 spiro atoms. The van der Waals surface area contributed by atoms with Crippen molar-refractivity contribution in [2.75, 3.05) is 0 Å². The van der Waals surface area contributed by atoms with Gasteiger partial charge in [0.2, 0.25) is 0 Å². The van der Waals surface area contributed by atoms with E-state index in [1.807, 2.05) is 36.4 Å². The fourth-order valence-corrected chi connectivity index (χ4v) is 8.93. The average Bonchev–Trinajstić information content (AvgIpc) is 3.81. The van der Waals surface area contributed by atoms with E-state index < -0.39 is 5.41 Å². The van der Waals surface area contributed by atoms with Crippen LogP contribution in [0.4, 0.5) is 0 Å². The van der Waals surface area contributed by atoms with Crippen LogP contribution in [0.3, 0.4) is 0 Å². The van der Waals surface area contributed by atoms with Gasteiger partial charge < -0.3 is 4.42 Å². The monoisotopic (exact) mass is 714 g/mol. The van der Waals surface area contributed by atoms with Gasteiger partial charge in [-0.25, -0.2) is 9.97 Å². The van der Waals surface area contributed by atoms with Gasteiger partial charge in [-0.05, 0) is 74.8 Å². The van der Waals surface area contributed by atoms with Crippen molar-refractivity contribution in [3.63, 3.8) is 0 Å². The first-order valence-corrected chi connectivity index (χ1v) is 19.1. The zero-order valence-corrected chi connectivity index (χ0v) is 30.4. The highest BCUT2D eigenvalue weighted by Crippen LogP contribution is 2.56. The third kappa shape index (κ3) is 4.98. The van der Waals surface area contributed by atoms with Gasteiger partial charge in [0.25, 0.3) is 0 Å². The molecule has 8 aromatic carbocycles. The largest absolute Gasteiger partial charge is 0.456 e. The Hall–Kier alpha value is -7.36. The first kappa shape index (κ1) is 32.1. The smallest absolute Gasteiger partial charge is 0.160 e. The molecule has 0 bridgehead atoms. The summed E-state index contributed by atoms with van der Waals surface area (Å²) in [7, 11) is 0. The van der Waals surface area contributed by atoms with Crippen LogP contribution in [0, 0.1) is 0 Å². The molecule has 10 aromatic rings. The maximum Gasteiger partial charge on any atom is 0.160 e. The van der Waals surface area contributed by atoms with Gasteiger partial charge in [-0.1, -0.05) is 176 Å². The van der Waals surface area contributed by atoms with E-state index in [4.69, 9.17) is 14.4 Å². The number of aromatic nitrogens is 2. The summed E-state index contributed by atoms with van der Waals surface area (Å²) in [6, 6.07) is 73.3. The molecule has 2 aromatic heterocycles. The molecule has 3 nitrogen and oxygen atoms in total. The number of nitrogens with zero attached hydrogens (tertiary/aromatic N) is 2. The van der Waals surface area contributed by atoms with Gasteiger partial charge in [-0.15, -0.1) is 0 Å². The second kappa shape index (κ2) is 12.9. The molecule has 0 radical (unpaired) electrons. The third-order valence-corrected chi connectivity index (χ3v) is 11.4. The lowest BCUT2D eigenvalue weighted by molar-refractivity contribution is 0.669. The lowest BCUT2D eigenvalue weighted by Crippen LogP contribution is -2.28. The molecule has 0 saturated heterocycles. The Morgan fingerprint density at radius 2 is 0.911 bits per heavy atom. The zero-order chi connectivity index (χ0) is 37.1. The third-order valence-electron chi connectivity index (χ3n) is 11.4. The Balaban J connectivity index is 1.10. The number of para-hydroxylation sites is 1. The molecular weight excluding hydrogens is 681 g/mol. The predicted octanol–water partition coefficient (Wildman–Crippen LogP) is 13.4. The molecular formula is C53H34N2O. The first-order valence-electron chi connectivity index (χ1n) is 19.1. The number of furan rings is 1.